The molecule has 31 heavy (non-hydrogen) atoms. The van der Waals surface area contributed by atoms with Crippen LogP contribution in [0.3, 0.4) is 0 Å². The molecule has 0 spiro atoms. The van der Waals surface area contributed by atoms with E-state index in [9.17, 15) is 9.59 Å². The summed E-state index contributed by atoms with van der Waals surface area (Å²) < 4.78 is 5.93. The zero-order valence-electron chi connectivity index (χ0n) is 17.5. The van der Waals surface area contributed by atoms with Gasteiger partial charge in [0, 0.05) is 18.9 Å². The second-order valence-corrected chi connectivity index (χ2v) is 7.80. The molecule has 0 aliphatic heterocycles. The molecule has 0 bridgehead atoms. The van der Waals surface area contributed by atoms with Crippen LogP contribution in [0.1, 0.15) is 39.9 Å². The Bertz CT molecular complexity index is 1070. The molecule has 158 valence electrons. The first-order valence-corrected chi connectivity index (χ1v) is 10.2. The molecule has 0 unspecified atom stereocenters. The molecule has 7 nitrogen and oxygen atoms in total. The van der Waals surface area contributed by atoms with E-state index in [1.165, 1.54) is 18.7 Å². The lowest BCUT2D eigenvalue weighted by atomic mass is 10.0. The maximum absolute atomic E-state index is 12.8. The molecular weight excluding hydrogens is 392 g/mol. The van der Waals surface area contributed by atoms with Gasteiger partial charge in [-0.3, -0.25) is 9.59 Å². The monoisotopic (exact) mass is 416 g/mol. The lowest BCUT2D eigenvalue weighted by Crippen LogP contribution is -2.48. The van der Waals surface area contributed by atoms with Gasteiger partial charge in [0.05, 0.1) is 5.56 Å². The van der Waals surface area contributed by atoms with E-state index in [4.69, 9.17) is 4.74 Å². The Balaban J connectivity index is 1.39. The third kappa shape index (κ3) is 4.71. The number of carbonyl (C=O) groups is 2. The summed E-state index contributed by atoms with van der Waals surface area (Å²) in [5.74, 6) is 1.01. The summed E-state index contributed by atoms with van der Waals surface area (Å²) in [6.45, 7) is 4.38. The van der Waals surface area contributed by atoms with Crippen molar-refractivity contribution in [2.45, 2.75) is 38.8 Å². The first kappa shape index (κ1) is 20.5. The van der Waals surface area contributed by atoms with Crippen LogP contribution in [0.2, 0.25) is 0 Å². The van der Waals surface area contributed by atoms with Gasteiger partial charge < -0.3 is 15.4 Å². The minimum Gasteiger partial charge on any atom is -0.457 e. The Morgan fingerprint density at radius 2 is 1.65 bits per heavy atom. The summed E-state index contributed by atoms with van der Waals surface area (Å²) in [6, 6.07) is 13.5. The van der Waals surface area contributed by atoms with Crippen molar-refractivity contribution >= 4 is 11.8 Å². The van der Waals surface area contributed by atoms with Gasteiger partial charge in [-0.05, 0) is 67.6 Å². The van der Waals surface area contributed by atoms with Crippen molar-refractivity contribution in [3.05, 3.63) is 83.4 Å². The average Bonchev–Trinajstić information content (AvgIpc) is 3.55. The second-order valence-electron chi connectivity index (χ2n) is 7.80. The summed E-state index contributed by atoms with van der Waals surface area (Å²) in [5.41, 5.74) is 2.57. The molecule has 0 radical (unpaired) electrons. The van der Waals surface area contributed by atoms with Crippen LogP contribution in [0.15, 0.2) is 61.2 Å². The smallest absolute Gasteiger partial charge is 0.255 e. The molecule has 2 amide bonds. The topological polar surface area (TPSA) is 93.2 Å². The third-order valence-corrected chi connectivity index (χ3v) is 5.43. The molecule has 2 N–H and O–H groups in total. The Morgan fingerprint density at radius 3 is 2.26 bits per heavy atom. The summed E-state index contributed by atoms with van der Waals surface area (Å²) in [6.07, 6.45) is 5.45. The molecule has 0 atom stereocenters. The van der Waals surface area contributed by atoms with E-state index in [0.29, 0.717) is 24.9 Å². The fourth-order valence-electron chi connectivity index (χ4n) is 3.49. The Kier molecular flexibility index (Phi) is 5.66. The van der Waals surface area contributed by atoms with Gasteiger partial charge in [-0.15, -0.1) is 0 Å². The summed E-state index contributed by atoms with van der Waals surface area (Å²) >= 11 is 0. The van der Waals surface area contributed by atoms with Crippen molar-refractivity contribution in [1.82, 2.24) is 20.6 Å². The molecule has 1 heterocycles. The van der Waals surface area contributed by atoms with Crippen LogP contribution in [-0.2, 0) is 11.3 Å². The number of aromatic nitrogens is 2. The van der Waals surface area contributed by atoms with Crippen LogP contribution in [0, 0.1) is 13.8 Å². The number of nitrogens with zero attached hydrogens (tertiary/aromatic N) is 2. The zero-order chi connectivity index (χ0) is 21.8. The number of ether oxygens (including phenoxy) is 1. The highest BCUT2D eigenvalue weighted by molar-refractivity contribution is 6.00. The van der Waals surface area contributed by atoms with Gasteiger partial charge in [0.2, 0.25) is 5.91 Å². The Morgan fingerprint density at radius 1 is 1.00 bits per heavy atom. The van der Waals surface area contributed by atoms with E-state index in [2.05, 4.69) is 20.6 Å². The van der Waals surface area contributed by atoms with E-state index < -0.39 is 5.54 Å². The standard InChI is InChI=1S/C24H24N4O3/c1-16-10-20(31-19-6-4-3-5-7-19)11-17(2)21(16)14-27-23(30)24(8-9-24)28-22(29)18-12-25-15-26-13-18/h3-7,10-13,15H,8-9,14H2,1-2H3,(H,27,30)(H,28,29). The molecule has 4 rings (SSSR count). The van der Waals surface area contributed by atoms with Gasteiger partial charge in [-0.2, -0.15) is 0 Å². The number of hydrogen-bond donors (Lipinski definition) is 2. The number of amides is 2. The zero-order valence-corrected chi connectivity index (χ0v) is 17.5. The molecule has 1 aliphatic carbocycles. The molecule has 1 aromatic heterocycles. The summed E-state index contributed by atoms with van der Waals surface area (Å²) in [5, 5.41) is 5.82. The van der Waals surface area contributed by atoms with Crippen LogP contribution in [0.4, 0.5) is 0 Å². The summed E-state index contributed by atoms with van der Waals surface area (Å²) in [4.78, 5) is 32.9. The van der Waals surface area contributed by atoms with Crippen LogP contribution < -0.4 is 15.4 Å². The molecule has 2 aromatic carbocycles. The van der Waals surface area contributed by atoms with E-state index in [-0.39, 0.29) is 11.8 Å². The SMILES string of the molecule is Cc1cc(Oc2ccccc2)cc(C)c1CNC(=O)C1(NC(=O)c2cncnc2)CC1. The van der Waals surface area contributed by atoms with Crippen molar-refractivity contribution in [2.75, 3.05) is 0 Å². The highest BCUT2D eigenvalue weighted by atomic mass is 16.5. The van der Waals surface area contributed by atoms with Gasteiger partial charge in [0.15, 0.2) is 0 Å². The van der Waals surface area contributed by atoms with Crippen molar-refractivity contribution in [3.63, 3.8) is 0 Å². The molecular formula is C24H24N4O3. The van der Waals surface area contributed by atoms with E-state index >= 15 is 0 Å². The highest BCUT2D eigenvalue weighted by Gasteiger charge is 2.51. The predicted octanol–water partition coefficient (Wildman–Crippen LogP) is 3.46. The van der Waals surface area contributed by atoms with E-state index in [0.717, 1.165) is 28.2 Å². The first-order valence-electron chi connectivity index (χ1n) is 10.2. The van der Waals surface area contributed by atoms with Crippen LogP contribution >= 0.6 is 0 Å². The molecule has 1 saturated carbocycles. The van der Waals surface area contributed by atoms with Crippen LogP contribution in [0.5, 0.6) is 11.5 Å². The maximum atomic E-state index is 12.8. The number of rotatable bonds is 7. The average molecular weight is 416 g/mol. The minimum atomic E-state index is -0.856. The highest BCUT2D eigenvalue weighted by Crippen LogP contribution is 2.36. The third-order valence-electron chi connectivity index (χ3n) is 5.43. The number of aryl methyl sites for hydroxylation is 2. The second kappa shape index (κ2) is 8.55. The van der Waals surface area contributed by atoms with Gasteiger partial charge >= 0.3 is 0 Å². The normalized spacial score (nSPS) is 13.9. The predicted molar refractivity (Wildman–Crippen MR) is 116 cm³/mol. The van der Waals surface area contributed by atoms with Crippen LogP contribution in [-0.4, -0.2) is 27.3 Å². The first-order chi connectivity index (χ1) is 15.0. The Hall–Kier alpha value is -3.74. The quantitative estimate of drug-likeness (QED) is 0.615. The van der Waals surface area contributed by atoms with Crippen LogP contribution in [0.25, 0.3) is 0 Å². The molecule has 1 fully saturated rings. The number of benzene rings is 2. The van der Waals surface area contributed by atoms with Crippen molar-refractivity contribution in [2.24, 2.45) is 0 Å². The largest absolute Gasteiger partial charge is 0.457 e. The van der Waals surface area contributed by atoms with Crippen molar-refractivity contribution in [1.29, 1.82) is 0 Å². The maximum Gasteiger partial charge on any atom is 0.255 e. The van der Waals surface area contributed by atoms with Crippen molar-refractivity contribution in [3.8, 4) is 11.5 Å². The van der Waals surface area contributed by atoms with Gasteiger partial charge in [0.25, 0.3) is 5.91 Å². The minimum absolute atomic E-state index is 0.180. The number of carbonyl (C=O) groups excluding carboxylic acids is 2. The number of hydrogen-bond acceptors (Lipinski definition) is 5. The van der Waals surface area contributed by atoms with Gasteiger partial charge in [-0.1, -0.05) is 18.2 Å². The Labute approximate surface area is 180 Å². The fraction of sp³-hybridized carbons (Fsp3) is 0.250. The van der Waals surface area contributed by atoms with Gasteiger partial charge in [-0.25, -0.2) is 9.97 Å². The fourth-order valence-corrected chi connectivity index (χ4v) is 3.49. The van der Waals surface area contributed by atoms with Crippen molar-refractivity contribution < 1.29 is 14.3 Å². The molecule has 0 saturated heterocycles. The molecule has 1 aliphatic rings. The number of para-hydroxylation sites is 1. The number of nitrogens with one attached hydrogen (secondary N) is 2. The molecule has 7 heteroatoms. The summed E-state index contributed by atoms with van der Waals surface area (Å²) in [7, 11) is 0. The van der Waals surface area contributed by atoms with Gasteiger partial charge in [0.1, 0.15) is 23.4 Å². The lowest BCUT2D eigenvalue weighted by molar-refractivity contribution is -0.124. The van der Waals surface area contributed by atoms with E-state index in [1.807, 2.05) is 56.3 Å². The van der Waals surface area contributed by atoms with E-state index in [1.54, 1.807) is 0 Å². The molecule has 3 aromatic rings. The lowest BCUT2D eigenvalue weighted by Gasteiger charge is -2.19.